The predicted octanol–water partition coefficient (Wildman–Crippen LogP) is 3.39. The third-order valence-electron chi connectivity index (χ3n) is 3.56. The van der Waals surface area contributed by atoms with Crippen LogP contribution in [-0.2, 0) is 22.2 Å². The average molecular weight is 391 g/mol. The maximum Gasteiger partial charge on any atom is 0.317 e. The number of hydrogen-bond donors (Lipinski definition) is 0. The largest absolute Gasteiger partial charge is 0.416 e. The second-order valence-corrected chi connectivity index (χ2v) is 19.9. The van der Waals surface area contributed by atoms with Crippen LogP contribution < -0.4 is 0 Å². The van der Waals surface area contributed by atoms with Gasteiger partial charge >= 0.3 is 25.7 Å². The molecule has 0 aromatic heterocycles. The highest BCUT2D eigenvalue weighted by Crippen LogP contribution is 2.33. The zero-order valence-corrected chi connectivity index (χ0v) is 18.3. The molecule has 0 N–H and O–H groups in total. The fraction of sp³-hybridized carbons (Fsp3) is 0.571. The Bertz CT molecular complexity index is 630. The summed E-state index contributed by atoms with van der Waals surface area (Å²) in [4.78, 5) is 0.380. The second kappa shape index (κ2) is 6.54. The Morgan fingerprint density at radius 1 is 0.870 bits per heavy atom. The second-order valence-electron chi connectivity index (χ2n) is 6.98. The topological polar surface area (TPSA) is 61.8 Å². The molecule has 0 spiro atoms. The van der Waals surface area contributed by atoms with Gasteiger partial charge in [0, 0.05) is 0 Å². The zero-order valence-electron chi connectivity index (χ0n) is 14.5. The minimum absolute atomic E-state index is 0.122. The first-order valence-corrected chi connectivity index (χ1v) is 17.6. The van der Waals surface area contributed by atoms with Gasteiger partial charge in [0.15, 0.2) is 9.84 Å². The quantitative estimate of drug-likeness (QED) is 0.721. The van der Waals surface area contributed by atoms with E-state index in [0.717, 1.165) is 0 Å². The van der Waals surface area contributed by atoms with Crippen molar-refractivity contribution in [3.8, 4) is 0 Å². The normalized spacial score (nSPS) is 22.7. The van der Waals surface area contributed by atoms with Crippen LogP contribution in [0.2, 0.25) is 38.8 Å². The molecule has 0 aliphatic carbocycles. The van der Waals surface area contributed by atoms with E-state index in [4.69, 9.17) is 12.3 Å². The van der Waals surface area contributed by atoms with E-state index in [9.17, 15) is 8.42 Å². The fourth-order valence-corrected chi connectivity index (χ4v) is 21.0. The summed E-state index contributed by atoms with van der Waals surface area (Å²) in [5, 5.41) is 0. The summed E-state index contributed by atoms with van der Waals surface area (Å²) >= 11 is 0. The standard InChI is InChI=1S/C14H26O5SSi3/c1-21(2)17-22(3,4)19-23(5,18-21)13-9-12-20(15,16)14-10-7-6-8-11-14/h6-8,10-11H,9,12-13H2,1-5H3. The molecule has 0 bridgehead atoms. The van der Waals surface area contributed by atoms with Crippen LogP contribution in [0.1, 0.15) is 6.42 Å². The van der Waals surface area contributed by atoms with Crippen molar-refractivity contribution in [2.75, 3.05) is 5.75 Å². The SMILES string of the molecule is C[Si]1(C)O[Si](C)(C)O[Si](C)(CCCS(=O)(=O)c2ccccc2)O1. The molecule has 1 saturated heterocycles. The van der Waals surface area contributed by atoms with Crippen LogP contribution in [0, 0.1) is 0 Å². The van der Waals surface area contributed by atoms with Crippen LogP contribution in [0.4, 0.5) is 0 Å². The van der Waals surface area contributed by atoms with Gasteiger partial charge in [-0.2, -0.15) is 0 Å². The fourth-order valence-electron chi connectivity index (χ4n) is 3.13. The first-order chi connectivity index (χ1) is 10.4. The van der Waals surface area contributed by atoms with Gasteiger partial charge in [-0.3, -0.25) is 0 Å². The smallest absolute Gasteiger partial charge is 0.317 e. The first-order valence-electron chi connectivity index (χ1n) is 7.82. The van der Waals surface area contributed by atoms with E-state index in [2.05, 4.69) is 0 Å². The van der Waals surface area contributed by atoms with Gasteiger partial charge in [-0.15, -0.1) is 0 Å². The highest BCUT2D eigenvalue weighted by molar-refractivity contribution is 7.91. The molecule has 1 fully saturated rings. The van der Waals surface area contributed by atoms with Crippen molar-refractivity contribution in [1.29, 1.82) is 0 Å². The van der Waals surface area contributed by atoms with Gasteiger partial charge in [0.1, 0.15) is 0 Å². The van der Waals surface area contributed by atoms with Crippen LogP contribution in [0.15, 0.2) is 35.2 Å². The lowest BCUT2D eigenvalue weighted by Gasteiger charge is -2.48. The van der Waals surface area contributed by atoms with E-state index >= 15 is 0 Å². The molecule has 1 aromatic rings. The molecule has 130 valence electrons. The summed E-state index contributed by atoms with van der Waals surface area (Å²) in [6.07, 6.45) is 0.551. The Hall–Kier alpha value is -0.299. The van der Waals surface area contributed by atoms with E-state index in [-0.39, 0.29) is 5.75 Å². The summed E-state index contributed by atoms with van der Waals surface area (Å²) in [7, 11) is -9.96. The Morgan fingerprint density at radius 2 is 1.39 bits per heavy atom. The molecule has 0 amide bonds. The number of benzene rings is 1. The maximum atomic E-state index is 12.4. The molecule has 1 aliphatic rings. The van der Waals surface area contributed by atoms with E-state index < -0.39 is 35.5 Å². The molecule has 0 atom stereocenters. The van der Waals surface area contributed by atoms with Gasteiger partial charge < -0.3 is 12.3 Å². The van der Waals surface area contributed by atoms with Gasteiger partial charge in [-0.25, -0.2) is 8.42 Å². The number of hydrogen-bond acceptors (Lipinski definition) is 5. The van der Waals surface area contributed by atoms with E-state index in [0.29, 0.717) is 17.4 Å². The van der Waals surface area contributed by atoms with Crippen molar-refractivity contribution in [3.05, 3.63) is 30.3 Å². The average Bonchev–Trinajstić information content (AvgIpc) is 2.34. The third-order valence-corrected chi connectivity index (χ3v) is 18.0. The Morgan fingerprint density at radius 3 is 1.91 bits per heavy atom. The van der Waals surface area contributed by atoms with Gasteiger partial charge in [0.25, 0.3) is 0 Å². The van der Waals surface area contributed by atoms with Gasteiger partial charge in [0.2, 0.25) is 0 Å². The summed E-state index contributed by atoms with van der Waals surface area (Å²) in [5.41, 5.74) is 0. The lowest BCUT2D eigenvalue weighted by molar-refractivity contribution is 0.232. The Kier molecular flexibility index (Phi) is 5.41. The molecule has 2 rings (SSSR count). The molecule has 5 nitrogen and oxygen atoms in total. The molecule has 1 aliphatic heterocycles. The van der Waals surface area contributed by atoms with Crippen LogP contribution in [0.5, 0.6) is 0 Å². The number of sulfone groups is 1. The van der Waals surface area contributed by atoms with Crippen molar-refractivity contribution >= 4 is 35.5 Å². The van der Waals surface area contributed by atoms with Crippen molar-refractivity contribution in [1.82, 2.24) is 0 Å². The third kappa shape index (κ3) is 5.34. The van der Waals surface area contributed by atoms with Crippen molar-refractivity contribution < 1.29 is 20.8 Å². The zero-order chi connectivity index (χ0) is 17.4. The van der Waals surface area contributed by atoms with Crippen molar-refractivity contribution in [3.63, 3.8) is 0 Å². The Balaban J connectivity index is 2.00. The van der Waals surface area contributed by atoms with Crippen molar-refractivity contribution in [2.45, 2.75) is 50.1 Å². The monoisotopic (exact) mass is 390 g/mol. The lowest BCUT2D eigenvalue weighted by atomic mass is 10.4. The molecular weight excluding hydrogens is 364 g/mol. The van der Waals surface area contributed by atoms with Crippen LogP contribution in [0.3, 0.4) is 0 Å². The highest BCUT2D eigenvalue weighted by Gasteiger charge is 2.52. The molecule has 0 radical (unpaired) electrons. The van der Waals surface area contributed by atoms with E-state index in [1.54, 1.807) is 24.3 Å². The first kappa shape index (κ1) is 19.0. The number of rotatable bonds is 5. The van der Waals surface area contributed by atoms with Crippen LogP contribution in [-0.4, -0.2) is 39.9 Å². The van der Waals surface area contributed by atoms with Gasteiger partial charge in [-0.1, -0.05) is 18.2 Å². The highest BCUT2D eigenvalue weighted by atomic mass is 32.2. The Labute approximate surface area is 142 Å². The summed E-state index contributed by atoms with van der Waals surface area (Å²) in [6, 6.07) is 9.26. The van der Waals surface area contributed by atoms with E-state index in [1.165, 1.54) is 0 Å². The molecule has 1 heterocycles. The predicted molar refractivity (Wildman–Crippen MR) is 97.8 cm³/mol. The molecule has 9 heteroatoms. The molecule has 0 unspecified atom stereocenters. The van der Waals surface area contributed by atoms with Crippen molar-refractivity contribution in [2.24, 2.45) is 0 Å². The van der Waals surface area contributed by atoms with Gasteiger partial charge in [-0.05, 0) is 57.3 Å². The summed E-state index contributed by atoms with van der Waals surface area (Å²) in [6.45, 7) is 10.2. The molecular formula is C14H26O5SSi3. The van der Waals surface area contributed by atoms with E-state index in [1.807, 2.05) is 38.8 Å². The molecule has 23 heavy (non-hydrogen) atoms. The molecule has 1 aromatic carbocycles. The van der Waals surface area contributed by atoms with Crippen LogP contribution in [0.25, 0.3) is 0 Å². The van der Waals surface area contributed by atoms with Crippen LogP contribution >= 0.6 is 0 Å². The lowest BCUT2D eigenvalue weighted by Crippen LogP contribution is -2.65. The minimum Gasteiger partial charge on any atom is -0.416 e. The minimum atomic E-state index is -3.24. The van der Waals surface area contributed by atoms with Gasteiger partial charge in [0.05, 0.1) is 10.6 Å². The summed E-state index contributed by atoms with van der Waals surface area (Å²) < 4.78 is 43.1. The molecule has 0 saturated carbocycles. The summed E-state index contributed by atoms with van der Waals surface area (Å²) in [5.74, 6) is 0.122. The maximum absolute atomic E-state index is 12.4.